The number of alkyl halides is 2. The Kier molecular flexibility index (Phi) is 8.32. The van der Waals surface area contributed by atoms with E-state index in [0.29, 0.717) is 25.0 Å². The third-order valence-corrected chi connectivity index (χ3v) is 10.2. The summed E-state index contributed by atoms with van der Waals surface area (Å²) < 4.78 is 116. The van der Waals surface area contributed by atoms with Crippen LogP contribution < -0.4 is 10.2 Å². The highest BCUT2D eigenvalue weighted by atomic mass is 32.5. The lowest BCUT2D eigenvalue weighted by Crippen LogP contribution is -2.59. The number of rotatable bonds is 7. The number of nitrogens with one attached hydrogen (secondary N) is 1. The van der Waals surface area contributed by atoms with Crippen LogP contribution in [0.15, 0.2) is 47.6 Å². The molecule has 3 heterocycles. The van der Waals surface area contributed by atoms with Crippen LogP contribution in [0.4, 0.5) is 43.1 Å². The topological polar surface area (TPSA) is 91.8 Å². The van der Waals surface area contributed by atoms with E-state index in [0.717, 1.165) is 23.4 Å². The monoisotopic (exact) mass is 712 g/mol. The third-order valence-electron chi connectivity index (χ3n) is 8.99. The molecule has 5 rings (SSSR count). The molecule has 1 atom stereocenters. The van der Waals surface area contributed by atoms with Gasteiger partial charge in [0.2, 0.25) is 11.8 Å². The number of amides is 3. The van der Waals surface area contributed by atoms with E-state index in [9.17, 15) is 47.0 Å². The maximum Gasteiger partial charge on any atom is 0.411 e. The Morgan fingerprint density at radius 3 is 2.06 bits per heavy atom. The number of anilines is 1. The number of aromatic nitrogens is 1. The van der Waals surface area contributed by atoms with Crippen molar-refractivity contribution in [2.45, 2.75) is 112 Å². The summed E-state index contributed by atoms with van der Waals surface area (Å²) in [5, 5.41) is 2.61. The van der Waals surface area contributed by atoms with Gasteiger partial charge in [-0.3, -0.25) is 24.4 Å². The molecule has 2 aromatic rings. The predicted octanol–water partition coefficient (Wildman–Crippen LogP) is 8.58. The molecular formula is C31H36F8N4O4S. The Bertz CT molecular complexity index is 1580. The molecule has 8 nitrogen and oxygen atoms in total. The molecule has 1 aromatic carbocycles. The minimum Gasteiger partial charge on any atom is -0.444 e. The first-order chi connectivity index (χ1) is 21.9. The molecule has 17 heteroatoms. The summed E-state index contributed by atoms with van der Waals surface area (Å²) in [6.45, 7) is 4.84. The minimum atomic E-state index is -10.2. The highest BCUT2D eigenvalue weighted by Crippen LogP contribution is 3.02. The van der Waals surface area contributed by atoms with Crippen molar-refractivity contribution in [2.24, 2.45) is 0 Å². The molecule has 3 amide bonds. The molecule has 1 unspecified atom stereocenters. The van der Waals surface area contributed by atoms with Crippen molar-refractivity contribution in [3.8, 4) is 0 Å². The molecule has 2 saturated heterocycles. The van der Waals surface area contributed by atoms with Crippen LogP contribution in [-0.2, 0) is 14.3 Å². The van der Waals surface area contributed by atoms with Gasteiger partial charge in [0, 0.05) is 42.4 Å². The molecule has 2 aliphatic heterocycles. The molecule has 0 radical (unpaired) electrons. The number of halogens is 8. The van der Waals surface area contributed by atoms with Gasteiger partial charge in [0.15, 0.2) is 0 Å². The Balaban J connectivity index is 1.64. The number of carbonyl (C=O) groups excluding carboxylic acids is 3. The summed E-state index contributed by atoms with van der Waals surface area (Å²) in [6, 6.07) is -0.914. The number of benzene rings is 1. The van der Waals surface area contributed by atoms with Gasteiger partial charge in [-0.2, -0.15) is 0 Å². The smallest absolute Gasteiger partial charge is 0.411 e. The normalized spacial score (nSPS) is 24.7. The first kappa shape index (κ1) is 35.7. The van der Waals surface area contributed by atoms with Crippen molar-refractivity contribution >= 4 is 33.8 Å². The van der Waals surface area contributed by atoms with E-state index >= 15 is 0 Å². The van der Waals surface area contributed by atoms with Crippen LogP contribution >= 0.6 is 10.2 Å². The van der Waals surface area contributed by atoms with E-state index in [1.165, 1.54) is 4.90 Å². The Hall–Kier alpha value is -3.63. The lowest BCUT2D eigenvalue weighted by molar-refractivity contribution is -0.132. The van der Waals surface area contributed by atoms with Crippen LogP contribution in [0.3, 0.4) is 0 Å². The molecule has 1 aliphatic carbocycles. The minimum absolute atomic E-state index is 0.0727. The molecule has 266 valence electrons. The van der Waals surface area contributed by atoms with Crippen molar-refractivity contribution in [1.29, 1.82) is 0 Å². The predicted molar refractivity (Wildman–Crippen MR) is 161 cm³/mol. The van der Waals surface area contributed by atoms with Crippen molar-refractivity contribution in [3.05, 3.63) is 54.1 Å². The summed E-state index contributed by atoms with van der Waals surface area (Å²) in [5.74, 6) is -5.85. The molecule has 3 aliphatic rings. The van der Waals surface area contributed by atoms with Crippen LogP contribution in [-0.4, -0.2) is 56.9 Å². The van der Waals surface area contributed by atoms with Gasteiger partial charge in [-0.25, -0.2) is 18.0 Å². The van der Waals surface area contributed by atoms with Crippen LogP contribution in [0, 0.1) is 5.82 Å². The van der Waals surface area contributed by atoms with Crippen molar-refractivity contribution in [1.82, 2.24) is 15.2 Å². The number of hydrogen-bond donors (Lipinski definition) is 1. The molecule has 0 spiro atoms. The van der Waals surface area contributed by atoms with Crippen LogP contribution in [0.2, 0.25) is 0 Å². The SMILES string of the molecule is CC(C)(C)OC(=O)N1C2CCC1(C(=O)N(c1ccc(S(F)(F)(F)(F)F)cc1)C(C(=O)NC1CCC(F)(F)CC1)c1cncc(F)c1)CC2. The average Bonchev–Trinajstić information content (AvgIpc) is 3.52. The highest BCUT2D eigenvalue weighted by molar-refractivity contribution is 8.45. The maximum absolute atomic E-state index is 14.9. The van der Waals surface area contributed by atoms with Gasteiger partial charge < -0.3 is 10.1 Å². The number of carbonyl (C=O) groups is 3. The maximum atomic E-state index is 14.9. The highest BCUT2D eigenvalue weighted by Gasteiger charge is 2.66. The third kappa shape index (κ3) is 7.34. The zero-order valence-electron chi connectivity index (χ0n) is 26.3. The zero-order chi connectivity index (χ0) is 35.6. The first-order valence-electron chi connectivity index (χ1n) is 15.4. The molecule has 2 bridgehead atoms. The molecule has 48 heavy (non-hydrogen) atoms. The van der Waals surface area contributed by atoms with Gasteiger partial charge in [-0.15, -0.1) is 0 Å². The molecule has 3 fully saturated rings. The second kappa shape index (κ2) is 11.2. The molecular weight excluding hydrogens is 676 g/mol. The van der Waals surface area contributed by atoms with Crippen molar-refractivity contribution in [2.75, 3.05) is 4.90 Å². The fourth-order valence-electron chi connectivity index (χ4n) is 6.81. The fourth-order valence-corrected chi connectivity index (χ4v) is 7.46. The van der Waals surface area contributed by atoms with E-state index in [4.69, 9.17) is 4.74 Å². The molecule has 1 saturated carbocycles. The van der Waals surface area contributed by atoms with E-state index in [1.807, 2.05) is 0 Å². The van der Waals surface area contributed by atoms with E-state index in [1.54, 1.807) is 20.8 Å². The van der Waals surface area contributed by atoms with E-state index < -0.39 is 92.6 Å². The Morgan fingerprint density at radius 2 is 1.54 bits per heavy atom. The Labute approximate surface area is 271 Å². The van der Waals surface area contributed by atoms with Crippen molar-refractivity contribution in [3.63, 3.8) is 0 Å². The lowest BCUT2D eigenvalue weighted by Gasteiger charge is -2.42. The van der Waals surface area contributed by atoms with Crippen LogP contribution in [0.1, 0.15) is 83.7 Å². The largest absolute Gasteiger partial charge is 0.444 e. The second-order valence-corrected chi connectivity index (χ2v) is 16.1. The number of hydrogen-bond acceptors (Lipinski definition) is 5. The van der Waals surface area contributed by atoms with Gasteiger partial charge in [0.1, 0.15) is 27.9 Å². The fraction of sp³-hybridized carbons (Fsp3) is 0.548. The van der Waals surface area contributed by atoms with Gasteiger partial charge in [-0.1, -0.05) is 19.4 Å². The van der Waals surface area contributed by atoms with Gasteiger partial charge in [0.25, 0.3) is 5.91 Å². The molecule has 1 aromatic heterocycles. The standard InChI is InChI=1S/C31H36F8N4O4S/c1-29(2,3)47-28(46)43-23-10-12-30(43,13-11-23)27(45)42(22-4-6-24(7-5-22)48(35,36,37,38)39)25(19-16-20(32)18-40-17-19)26(44)41-21-8-14-31(33,34)15-9-21/h4-7,16-18,21,23,25H,8-15H2,1-3H3,(H,41,44). The number of nitrogens with zero attached hydrogens (tertiary/aromatic N) is 3. The summed E-state index contributed by atoms with van der Waals surface area (Å²) in [7, 11) is -10.2. The number of ether oxygens (including phenoxy) is 1. The van der Waals surface area contributed by atoms with Gasteiger partial charge in [-0.05, 0) is 89.6 Å². The number of pyridine rings is 1. The van der Waals surface area contributed by atoms with Gasteiger partial charge >= 0.3 is 16.3 Å². The van der Waals surface area contributed by atoms with Crippen molar-refractivity contribution < 1.29 is 51.7 Å². The summed E-state index contributed by atoms with van der Waals surface area (Å²) >= 11 is 0. The average molecular weight is 713 g/mol. The summed E-state index contributed by atoms with van der Waals surface area (Å²) in [6.07, 6.45) is 0.466. The van der Waals surface area contributed by atoms with Crippen LogP contribution in [0.25, 0.3) is 0 Å². The Morgan fingerprint density at radius 1 is 0.958 bits per heavy atom. The van der Waals surface area contributed by atoms with Gasteiger partial charge in [0.05, 0.1) is 6.20 Å². The number of fused-ring (bicyclic) bond motifs is 2. The zero-order valence-corrected chi connectivity index (χ0v) is 27.2. The van der Waals surface area contributed by atoms with Crippen LogP contribution in [0.5, 0.6) is 0 Å². The molecule has 1 N–H and O–H groups in total. The first-order valence-corrected chi connectivity index (χ1v) is 17.3. The van der Waals surface area contributed by atoms with E-state index in [2.05, 4.69) is 10.3 Å². The second-order valence-electron chi connectivity index (χ2n) is 13.7. The summed E-state index contributed by atoms with van der Waals surface area (Å²) in [4.78, 5) is 46.0. The van der Waals surface area contributed by atoms with E-state index in [-0.39, 0.29) is 43.4 Å². The lowest BCUT2D eigenvalue weighted by atomic mass is 9.85. The quantitative estimate of drug-likeness (QED) is 0.291. The summed E-state index contributed by atoms with van der Waals surface area (Å²) in [5.41, 5.74) is -3.33.